The van der Waals surface area contributed by atoms with Crippen LogP contribution in [0.15, 0.2) is 18.2 Å². The Morgan fingerprint density at radius 1 is 1.47 bits per heavy atom. The van der Waals surface area contributed by atoms with Gasteiger partial charge in [0.05, 0.1) is 5.69 Å². The minimum Gasteiger partial charge on any atom is -0.507 e. The second kappa shape index (κ2) is 3.74. The number of carbonyl (C=O) groups excluding carboxylic acids is 2. The molecular weight excluding hydrogens is 224 g/mol. The molecule has 1 aliphatic heterocycles. The van der Waals surface area contributed by atoms with Crippen molar-refractivity contribution in [3.63, 3.8) is 0 Å². The van der Waals surface area contributed by atoms with Crippen LogP contribution in [0.5, 0.6) is 5.75 Å². The monoisotopic (exact) mass is 236 g/mol. The van der Waals surface area contributed by atoms with Crippen LogP contribution in [0.1, 0.15) is 11.7 Å². The van der Waals surface area contributed by atoms with Crippen LogP contribution in [-0.2, 0) is 9.59 Å². The summed E-state index contributed by atoms with van der Waals surface area (Å²) in [5.41, 5.74) is 5.62. The lowest BCUT2D eigenvalue weighted by Gasteiger charge is -2.33. The number of benzene rings is 1. The number of hydrogen-bond donors (Lipinski definition) is 3. The first kappa shape index (κ1) is 11.4. The molecule has 90 valence electrons. The quantitative estimate of drug-likeness (QED) is 0.572. The van der Waals surface area contributed by atoms with E-state index in [2.05, 4.69) is 0 Å². The lowest BCUT2D eigenvalue weighted by Crippen LogP contribution is -2.47. The number of amides is 2. The van der Waals surface area contributed by atoms with Crippen molar-refractivity contribution in [3.8, 4) is 5.75 Å². The van der Waals surface area contributed by atoms with Gasteiger partial charge >= 0.3 is 0 Å². The molecule has 2 amide bonds. The maximum Gasteiger partial charge on any atom is 0.242 e. The molecule has 0 saturated carbocycles. The molecule has 17 heavy (non-hydrogen) atoms. The third kappa shape index (κ3) is 1.53. The smallest absolute Gasteiger partial charge is 0.242 e. The fourth-order valence-electron chi connectivity index (χ4n) is 2.04. The lowest BCUT2D eigenvalue weighted by molar-refractivity contribution is -0.137. The molecule has 2 rings (SSSR count). The molecular formula is C11H12N2O4. The van der Waals surface area contributed by atoms with Crippen LogP contribution >= 0.6 is 0 Å². The molecule has 0 radical (unpaired) electrons. The number of rotatable bonds is 1. The predicted octanol–water partition coefficient (Wildman–Crippen LogP) is -0.496. The van der Waals surface area contributed by atoms with E-state index in [1.807, 2.05) is 0 Å². The number of phenolic OH excluding ortho intramolecular Hbond substituents is 1. The Hall–Kier alpha value is -2.08. The lowest BCUT2D eigenvalue weighted by atomic mass is 9.88. The highest BCUT2D eigenvalue weighted by Crippen LogP contribution is 2.41. The summed E-state index contributed by atoms with van der Waals surface area (Å²) >= 11 is 0. The summed E-state index contributed by atoms with van der Waals surface area (Å²) in [5.74, 6) is -3.02. The molecule has 6 nitrogen and oxygen atoms in total. The Morgan fingerprint density at radius 2 is 2.12 bits per heavy atom. The van der Waals surface area contributed by atoms with E-state index in [0.717, 1.165) is 0 Å². The second-order valence-corrected chi connectivity index (χ2v) is 3.93. The van der Waals surface area contributed by atoms with E-state index in [4.69, 9.17) is 5.73 Å². The number of aromatic hydroxyl groups is 1. The number of anilines is 1. The second-order valence-electron chi connectivity index (χ2n) is 3.93. The molecule has 1 aromatic carbocycles. The number of hydrogen-bond acceptors (Lipinski definition) is 4. The molecule has 0 spiro atoms. The number of aliphatic hydroxyl groups is 1. The fourth-order valence-corrected chi connectivity index (χ4v) is 2.04. The number of fused-ring (bicyclic) bond motifs is 1. The van der Waals surface area contributed by atoms with E-state index in [0.29, 0.717) is 5.69 Å². The van der Waals surface area contributed by atoms with Crippen LogP contribution in [0.2, 0.25) is 0 Å². The van der Waals surface area contributed by atoms with E-state index >= 15 is 0 Å². The highest BCUT2D eigenvalue weighted by molar-refractivity contribution is 6.10. The van der Waals surface area contributed by atoms with E-state index in [1.54, 1.807) is 12.1 Å². The highest BCUT2D eigenvalue weighted by Gasteiger charge is 2.42. The fraction of sp³-hybridized carbons (Fsp3) is 0.273. The Balaban J connectivity index is 2.63. The molecule has 1 heterocycles. The van der Waals surface area contributed by atoms with Crippen molar-refractivity contribution in [2.45, 2.75) is 6.10 Å². The summed E-state index contributed by atoms with van der Waals surface area (Å²) in [6.45, 7) is 0. The van der Waals surface area contributed by atoms with Gasteiger partial charge in [0.25, 0.3) is 0 Å². The number of phenols is 1. The van der Waals surface area contributed by atoms with Crippen molar-refractivity contribution < 1.29 is 19.8 Å². The summed E-state index contributed by atoms with van der Waals surface area (Å²) in [6.07, 6.45) is -1.41. The van der Waals surface area contributed by atoms with Crippen molar-refractivity contribution in [1.29, 1.82) is 0 Å². The number of nitrogens with zero attached hydrogens (tertiary/aromatic N) is 1. The first-order valence-corrected chi connectivity index (χ1v) is 5.02. The van der Waals surface area contributed by atoms with Crippen molar-refractivity contribution in [2.24, 2.45) is 11.7 Å². The SMILES string of the molecule is CN1C(=O)C(C(N)=O)C(O)c2c(O)cccc21. The van der Waals surface area contributed by atoms with Gasteiger partial charge in [-0.25, -0.2) is 0 Å². The minimum atomic E-state index is -1.41. The summed E-state index contributed by atoms with van der Waals surface area (Å²) in [4.78, 5) is 24.2. The van der Waals surface area contributed by atoms with Gasteiger partial charge in [-0.15, -0.1) is 0 Å². The van der Waals surface area contributed by atoms with Gasteiger partial charge in [-0.3, -0.25) is 9.59 Å². The van der Waals surface area contributed by atoms with Crippen molar-refractivity contribution in [2.75, 3.05) is 11.9 Å². The van der Waals surface area contributed by atoms with Crippen molar-refractivity contribution in [3.05, 3.63) is 23.8 Å². The van der Waals surface area contributed by atoms with Crippen LogP contribution in [-0.4, -0.2) is 29.1 Å². The Kier molecular flexibility index (Phi) is 2.51. The van der Waals surface area contributed by atoms with E-state index in [-0.39, 0.29) is 11.3 Å². The molecule has 6 heteroatoms. The van der Waals surface area contributed by atoms with Crippen LogP contribution in [0.25, 0.3) is 0 Å². The normalized spacial score (nSPS) is 23.4. The zero-order chi connectivity index (χ0) is 12.7. The third-order valence-corrected chi connectivity index (χ3v) is 2.94. The third-order valence-electron chi connectivity index (χ3n) is 2.94. The molecule has 2 unspecified atom stereocenters. The zero-order valence-electron chi connectivity index (χ0n) is 9.12. The molecule has 0 aliphatic carbocycles. The number of primary amides is 1. The highest BCUT2D eigenvalue weighted by atomic mass is 16.3. The molecule has 1 aromatic rings. The summed E-state index contributed by atoms with van der Waals surface area (Å²) in [5, 5.41) is 19.6. The van der Waals surface area contributed by atoms with E-state index < -0.39 is 23.8 Å². The Labute approximate surface area is 97.3 Å². The van der Waals surface area contributed by atoms with Crippen molar-refractivity contribution >= 4 is 17.5 Å². The van der Waals surface area contributed by atoms with Gasteiger partial charge in [-0.1, -0.05) is 6.07 Å². The summed E-state index contributed by atoms with van der Waals surface area (Å²) in [6, 6.07) is 4.51. The average Bonchev–Trinajstić information content (AvgIpc) is 2.25. The van der Waals surface area contributed by atoms with Gasteiger partial charge < -0.3 is 20.8 Å². The van der Waals surface area contributed by atoms with Crippen LogP contribution in [0, 0.1) is 5.92 Å². The topological polar surface area (TPSA) is 104 Å². The van der Waals surface area contributed by atoms with Gasteiger partial charge in [0.1, 0.15) is 17.8 Å². The predicted molar refractivity (Wildman–Crippen MR) is 59.2 cm³/mol. The summed E-state index contributed by atoms with van der Waals surface area (Å²) < 4.78 is 0. The van der Waals surface area contributed by atoms with E-state index in [9.17, 15) is 19.8 Å². The maximum absolute atomic E-state index is 11.8. The van der Waals surface area contributed by atoms with Gasteiger partial charge in [0.2, 0.25) is 11.8 Å². The van der Waals surface area contributed by atoms with Gasteiger partial charge in [0.15, 0.2) is 0 Å². The largest absolute Gasteiger partial charge is 0.507 e. The molecule has 0 saturated heterocycles. The molecule has 4 N–H and O–H groups in total. The van der Waals surface area contributed by atoms with Crippen molar-refractivity contribution in [1.82, 2.24) is 0 Å². The maximum atomic E-state index is 11.8. The minimum absolute atomic E-state index is 0.151. The van der Waals surface area contributed by atoms with Gasteiger partial charge in [0, 0.05) is 12.6 Å². The van der Waals surface area contributed by atoms with E-state index in [1.165, 1.54) is 18.0 Å². The Bertz CT molecular complexity index is 500. The first-order chi connectivity index (χ1) is 7.95. The average molecular weight is 236 g/mol. The first-order valence-electron chi connectivity index (χ1n) is 5.02. The van der Waals surface area contributed by atoms with Crippen LogP contribution in [0.4, 0.5) is 5.69 Å². The van der Waals surface area contributed by atoms with Gasteiger partial charge in [-0.05, 0) is 12.1 Å². The van der Waals surface area contributed by atoms with Crippen LogP contribution < -0.4 is 10.6 Å². The zero-order valence-corrected chi connectivity index (χ0v) is 9.12. The van der Waals surface area contributed by atoms with Crippen LogP contribution in [0.3, 0.4) is 0 Å². The number of aliphatic hydroxyl groups excluding tert-OH is 1. The summed E-state index contributed by atoms with van der Waals surface area (Å²) in [7, 11) is 1.46. The molecule has 2 atom stereocenters. The standard InChI is InChI=1S/C11H12N2O4/c1-13-5-3-2-4-6(14)7(5)9(15)8(10(12)16)11(13)17/h2-4,8-9,14-15H,1H3,(H2,12,16). The molecule has 1 aliphatic rings. The number of carbonyl (C=O) groups is 2. The molecule has 0 aromatic heterocycles. The molecule has 0 fully saturated rings. The van der Waals surface area contributed by atoms with Gasteiger partial charge in [-0.2, -0.15) is 0 Å². The Morgan fingerprint density at radius 3 is 2.71 bits per heavy atom. The number of nitrogens with two attached hydrogens (primary N) is 1. The molecule has 0 bridgehead atoms.